The van der Waals surface area contributed by atoms with Gasteiger partial charge in [0, 0.05) is 29.2 Å². The molecule has 0 aliphatic carbocycles. The highest BCUT2D eigenvalue weighted by molar-refractivity contribution is 7.80. The molecule has 1 fully saturated rings. The maximum absolute atomic E-state index is 13.4. The van der Waals surface area contributed by atoms with E-state index in [0.29, 0.717) is 12.2 Å². The number of hydrogen-bond acceptors (Lipinski definition) is 3. The molecule has 6 heteroatoms. The highest BCUT2D eigenvalue weighted by Crippen LogP contribution is 2.27. The topological polar surface area (TPSA) is 54.3 Å². The minimum absolute atomic E-state index is 0.0480. The minimum Gasteiger partial charge on any atom is -0.342 e. The van der Waals surface area contributed by atoms with Gasteiger partial charge in [-0.15, -0.1) is 0 Å². The van der Waals surface area contributed by atoms with Crippen LogP contribution in [0.4, 0.5) is 5.69 Å². The molecule has 1 aliphatic rings. The summed E-state index contributed by atoms with van der Waals surface area (Å²) in [6.07, 6.45) is 3.64. The number of anilines is 1. The Morgan fingerprint density at radius 3 is 2.36 bits per heavy atom. The van der Waals surface area contributed by atoms with E-state index in [1.54, 1.807) is 6.08 Å². The lowest BCUT2D eigenvalue weighted by Crippen LogP contribution is -2.54. The molecule has 33 heavy (non-hydrogen) atoms. The zero-order valence-electron chi connectivity index (χ0n) is 18.0. The van der Waals surface area contributed by atoms with Crippen molar-refractivity contribution in [2.24, 2.45) is 0 Å². The van der Waals surface area contributed by atoms with Crippen LogP contribution in [0.2, 0.25) is 0 Å². The van der Waals surface area contributed by atoms with E-state index in [1.165, 1.54) is 10.5 Å². The summed E-state index contributed by atoms with van der Waals surface area (Å²) in [4.78, 5) is 27.5. The monoisotopic (exact) mass is 451 g/mol. The summed E-state index contributed by atoms with van der Waals surface area (Å²) in [6.45, 7) is 2.66. The molecule has 0 radical (unpaired) electrons. The lowest BCUT2D eigenvalue weighted by Gasteiger charge is -2.29. The number of nitrogens with one attached hydrogen (secondary N) is 1. The number of para-hydroxylation sites is 1. The molecule has 0 saturated carbocycles. The number of fused-ring (bicyclic) bond motifs is 1. The lowest BCUT2D eigenvalue weighted by molar-refractivity contribution is -0.122. The zero-order valence-corrected chi connectivity index (χ0v) is 18.8. The van der Waals surface area contributed by atoms with E-state index in [-0.39, 0.29) is 10.7 Å². The molecule has 3 aromatic carbocycles. The van der Waals surface area contributed by atoms with E-state index >= 15 is 0 Å². The van der Waals surface area contributed by atoms with Crippen molar-refractivity contribution >= 4 is 51.8 Å². The third-order valence-corrected chi connectivity index (χ3v) is 5.99. The number of thiocarbonyl (C=S) groups is 1. The van der Waals surface area contributed by atoms with Crippen LogP contribution >= 0.6 is 12.2 Å². The Kier molecular flexibility index (Phi) is 5.36. The van der Waals surface area contributed by atoms with Gasteiger partial charge < -0.3 is 4.57 Å². The fraction of sp³-hybridized carbons (Fsp3) is 0.0741. The molecule has 1 N–H and O–H groups in total. The molecule has 0 atom stereocenters. The molecule has 5 nitrogen and oxygen atoms in total. The molecule has 0 bridgehead atoms. The first kappa shape index (κ1) is 20.8. The molecule has 1 aliphatic heterocycles. The van der Waals surface area contributed by atoms with Crippen molar-refractivity contribution in [3.05, 3.63) is 107 Å². The van der Waals surface area contributed by atoms with Crippen LogP contribution in [-0.2, 0) is 16.1 Å². The van der Waals surface area contributed by atoms with E-state index in [0.717, 1.165) is 22.0 Å². The Bertz CT molecular complexity index is 1420. The van der Waals surface area contributed by atoms with Gasteiger partial charge in [-0.3, -0.25) is 19.8 Å². The molecule has 2 amide bonds. The normalized spacial score (nSPS) is 15.4. The van der Waals surface area contributed by atoms with Gasteiger partial charge in [0.1, 0.15) is 5.57 Å². The van der Waals surface area contributed by atoms with Gasteiger partial charge in [-0.25, -0.2) is 0 Å². The average Bonchev–Trinajstić information content (AvgIpc) is 3.16. The molecule has 5 rings (SSSR count). The van der Waals surface area contributed by atoms with Gasteiger partial charge in [0.2, 0.25) is 0 Å². The maximum atomic E-state index is 13.4. The van der Waals surface area contributed by atoms with Crippen LogP contribution in [0.3, 0.4) is 0 Å². The van der Waals surface area contributed by atoms with E-state index in [1.807, 2.05) is 79.9 Å². The number of benzene rings is 3. The highest BCUT2D eigenvalue weighted by Gasteiger charge is 2.34. The van der Waals surface area contributed by atoms with Gasteiger partial charge in [0.25, 0.3) is 11.8 Å². The van der Waals surface area contributed by atoms with Crippen molar-refractivity contribution in [1.29, 1.82) is 0 Å². The summed E-state index contributed by atoms with van der Waals surface area (Å²) in [5.41, 5.74) is 4.74. The Balaban J connectivity index is 1.57. The standard InChI is InChI=1S/C27H21N3O2S/c1-18-11-13-21(14-12-18)30-26(32)23(25(31)28-27(30)33)15-20-17-29(16-19-7-3-2-4-8-19)24-10-6-5-9-22(20)24/h2-15,17H,16H2,1H3,(H,28,31,33)/b23-15+. The molecule has 1 aromatic heterocycles. The van der Waals surface area contributed by atoms with Gasteiger partial charge in [0.05, 0.1) is 5.69 Å². The molecular formula is C27H21N3O2S. The number of nitrogens with zero attached hydrogens (tertiary/aromatic N) is 2. The van der Waals surface area contributed by atoms with Crippen molar-refractivity contribution in [3.63, 3.8) is 0 Å². The number of amides is 2. The summed E-state index contributed by atoms with van der Waals surface area (Å²) in [5.74, 6) is -0.930. The number of rotatable bonds is 4. The van der Waals surface area contributed by atoms with E-state index in [4.69, 9.17) is 12.2 Å². The van der Waals surface area contributed by atoms with Gasteiger partial charge in [0.15, 0.2) is 5.11 Å². The van der Waals surface area contributed by atoms with Crippen molar-refractivity contribution in [2.75, 3.05) is 4.90 Å². The van der Waals surface area contributed by atoms with Gasteiger partial charge in [-0.05, 0) is 49.0 Å². The molecule has 162 valence electrons. The first-order valence-electron chi connectivity index (χ1n) is 10.6. The van der Waals surface area contributed by atoms with Crippen LogP contribution in [0.15, 0.2) is 90.6 Å². The van der Waals surface area contributed by atoms with Crippen LogP contribution in [0, 0.1) is 6.92 Å². The van der Waals surface area contributed by atoms with Crippen LogP contribution in [0.5, 0.6) is 0 Å². The number of aryl methyl sites for hydroxylation is 1. The van der Waals surface area contributed by atoms with Crippen molar-refractivity contribution < 1.29 is 9.59 Å². The molecule has 0 spiro atoms. The van der Waals surface area contributed by atoms with Gasteiger partial charge >= 0.3 is 0 Å². The zero-order chi connectivity index (χ0) is 22.9. The van der Waals surface area contributed by atoms with E-state index in [2.05, 4.69) is 22.0 Å². The number of aromatic nitrogens is 1. The number of carbonyl (C=O) groups is 2. The largest absolute Gasteiger partial charge is 0.342 e. The quantitative estimate of drug-likeness (QED) is 0.275. The van der Waals surface area contributed by atoms with Crippen LogP contribution in [0.1, 0.15) is 16.7 Å². The predicted octanol–water partition coefficient (Wildman–Crippen LogP) is 4.83. The molecule has 2 heterocycles. The van der Waals surface area contributed by atoms with Crippen molar-refractivity contribution in [1.82, 2.24) is 9.88 Å². The highest BCUT2D eigenvalue weighted by atomic mass is 32.1. The minimum atomic E-state index is -0.492. The molecule has 4 aromatic rings. The first-order chi connectivity index (χ1) is 16.0. The average molecular weight is 452 g/mol. The fourth-order valence-corrected chi connectivity index (χ4v) is 4.32. The number of hydrogen-bond donors (Lipinski definition) is 1. The Labute approximate surface area is 196 Å². The van der Waals surface area contributed by atoms with Crippen LogP contribution in [0.25, 0.3) is 17.0 Å². The summed E-state index contributed by atoms with van der Waals surface area (Å²) in [6, 6.07) is 25.6. The van der Waals surface area contributed by atoms with Crippen molar-refractivity contribution in [2.45, 2.75) is 13.5 Å². The summed E-state index contributed by atoms with van der Waals surface area (Å²) < 4.78 is 2.13. The second-order valence-corrected chi connectivity index (χ2v) is 8.40. The summed E-state index contributed by atoms with van der Waals surface area (Å²) >= 11 is 5.31. The number of carbonyl (C=O) groups excluding carboxylic acids is 2. The first-order valence-corrected chi connectivity index (χ1v) is 11.0. The lowest BCUT2D eigenvalue weighted by atomic mass is 10.1. The third-order valence-electron chi connectivity index (χ3n) is 5.71. The maximum Gasteiger partial charge on any atom is 0.270 e. The van der Waals surface area contributed by atoms with E-state index in [9.17, 15) is 9.59 Å². The predicted molar refractivity (Wildman–Crippen MR) is 135 cm³/mol. The van der Waals surface area contributed by atoms with Crippen molar-refractivity contribution in [3.8, 4) is 0 Å². The fourth-order valence-electron chi connectivity index (χ4n) is 4.04. The second kappa shape index (κ2) is 8.48. The Hall–Kier alpha value is -4.03. The van der Waals surface area contributed by atoms with Crippen LogP contribution < -0.4 is 10.2 Å². The Morgan fingerprint density at radius 1 is 0.909 bits per heavy atom. The Morgan fingerprint density at radius 2 is 1.61 bits per heavy atom. The third kappa shape index (κ3) is 3.97. The van der Waals surface area contributed by atoms with Gasteiger partial charge in [-0.1, -0.05) is 66.2 Å². The SMILES string of the molecule is Cc1ccc(N2C(=O)/C(=C/c3cn(Cc4ccccc4)c4ccccc34)C(=O)NC2=S)cc1. The van der Waals surface area contributed by atoms with Crippen LogP contribution in [-0.4, -0.2) is 21.5 Å². The molecule has 0 unspecified atom stereocenters. The molecule has 1 saturated heterocycles. The van der Waals surface area contributed by atoms with Gasteiger partial charge in [-0.2, -0.15) is 0 Å². The second-order valence-electron chi connectivity index (χ2n) is 8.01. The smallest absolute Gasteiger partial charge is 0.270 e. The summed E-state index contributed by atoms with van der Waals surface area (Å²) in [5, 5.41) is 3.71. The summed E-state index contributed by atoms with van der Waals surface area (Å²) in [7, 11) is 0. The molecular weight excluding hydrogens is 430 g/mol. The van der Waals surface area contributed by atoms with E-state index < -0.39 is 11.8 Å².